The summed E-state index contributed by atoms with van der Waals surface area (Å²) in [6.07, 6.45) is 3.03. The van der Waals surface area contributed by atoms with Crippen LogP contribution < -0.4 is 9.47 Å². The minimum atomic E-state index is -0.528. The molecule has 0 spiro atoms. The first-order chi connectivity index (χ1) is 27.5. The zero-order valence-corrected chi connectivity index (χ0v) is 30.7. The monoisotopic (exact) mass is 734 g/mol. The second-order valence-corrected chi connectivity index (χ2v) is 13.3. The quantitative estimate of drug-likeness (QED) is 0.0667. The number of ether oxygens (including phenoxy) is 4. The van der Waals surface area contributed by atoms with Gasteiger partial charge in [0, 0.05) is 21.9 Å². The van der Waals surface area contributed by atoms with Crippen molar-refractivity contribution in [1.29, 1.82) is 0 Å². The van der Waals surface area contributed by atoms with Gasteiger partial charge >= 0.3 is 11.9 Å². The van der Waals surface area contributed by atoms with Crippen LogP contribution >= 0.6 is 0 Å². The zero-order chi connectivity index (χ0) is 38.4. The van der Waals surface area contributed by atoms with Crippen LogP contribution in [0.25, 0.3) is 76.5 Å². The van der Waals surface area contributed by atoms with Gasteiger partial charge in [-0.05, 0) is 78.8 Å². The van der Waals surface area contributed by atoms with Crippen LogP contribution in [0.1, 0.15) is 0 Å². The third-order valence-electron chi connectivity index (χ3n) is 9.81. The molecule has 0 amide bonds. The SMILES string of the molecule is C=CCOC(=O)COc1ccc2ccc3cc(-c4ccccc4)ccc3c2c1-c1c(OCC(=O)OCC=C)ccc2ccc3cc(-c4ccccc4)ccc3c12. The molecule has 8 rings (SSSR count). The molecule has 0 atom stereocenters. The molecular weight excluding hydrogens is 697 g/mol. The molecule has 0 radical (unpaired) electrons. The lowest BCUT2D eigenvalue weighted by molar-refractivity contribution is -0.145. The van der Waals surface area contributed by atoms with E-state index >= 15 is 0 Å². The molecule has 6 nitrogen and oxygen atoms in total. The average Bonchev–Trinajstić information content (AvgIpc) is 3.25. The highest BCUT2D eigenvalue weighted by atomic mass is 16.6. The summed E-state index contributed by atoms with van der Waals surface area (Å²) in [7, 11) is 0. The van der Waals surface area contributed by atoms with E-state index < -0.39 is 11.9 Å². The second kappa shape index (κ2) is 16.0. The lowest BCUT2D eigenvalue weighted by atomic mass is 9.87. The van der Waals surface area contributed by atoms with Crippen molar-refractivity contribution in [3.63, 3.8) is 0 Å². The number of hydrogen-bond donors (Lipinski definition) is 0. The third-order valence-corrected chi connectivity index (χ3v) is 9.81. The molecule has 0 aromatic heterocycles. The molecule has 0 heterocycles. The Hall–Kier alpha value is -7.18. The van der Waals surface area contributed by atoms with Gasteiger partial charge < -0.3 is 18.9 Å². The molecule has 0 bridgehead atoms. The minimum absolute atomic E-state index is 0.0708. The van der Waals surface area contributed by atoms with Crippen LogP contribution in [0.3, 0.4) is 0 Å². The number of carbonyl (C=O) groups is 2. The Morgan fingerprint density at radius 2 is 0.839 bits per heavy atom. The Labute approximate surface area is 324 Å². The molecule has 0 fully saturated rings. The van der Waals surface area contributed by atoms with Crippen molar-refractivity contribution in [2.24, 2.45) is 0 Å². The summed E-state index contributed by atoms with van der Waals surface area (Å²) in [6.45, 7) is 6.80. The lowest BCUT2D eigenvalue weighted by Gasteiger charge is -2.21. The largest absolute Gasteiger partial charge is 0.481 e. The molecule has 0 aliphatic carbocycles. The maximum absolute atomic E-state index is 12.9. The molecule has 56 heavy (non-hydrogen) atoms. The van der Waals surface area contributed by atoms with Gasteiger partial charge in [0.2, 0.25) is 0 Å². The van der Waals surface area contributed by atoms with Crippen LogP contribution in [-0.4, -0.2) is 38.4 Å². The van der Waals surface area contributed by atoms with Crippen LogP contribution in [0.5, 0.6) is 11.5 Å². The Kier molecular flexibility index (Phi) is 10.3. The van der Waals surface area contributed by atoms with E-state index in [0.29, 0.717) is 11.5 Å². The van der Waals surface area contributed by atoms with Gasteiger partial charge in [-0.3, -0.25) is 0 Å². The van der Waals surface area contributed by atoms with E-state index in [1.807, 2.05) is 60.7 Å². The molecular formula is C50H38O6. The van der Waals surface area contributed by atoms with Crippen molar-refractivity contribution in [3.8, 4) is 44.9 Å². The Morgan fingerprint density at radius 1 is 0.446 bits per heavy atom. The van der Waals surface area contributed by atoms with Crippen LogP contribution in [0.2, 0.25) is 0 Å². The van der Waals surface area contributed by atoms with Crippen LogP contribution in [0.4, 0.5) is 0 Å². The molecule has 0 saturated heterocycles. The summed E-state index contributed by atoms with van der Waals surface area (Å²) in [5.41, 5.74) is 5.83. The fraction of sp³-hybridized carbons (Fsp3) is 0.0800. The van der Waals surface area contributed by atoms with E-state index in [1.54, 1.807) is 0 Å². The van der Waals surface area contributed by atoms with Gasteiger partial charge in [0.05, 0.1) is 0 Å². The predicted molar refractivity (Wildman–Crippen MR) is 226 cm³/mol. The topological polar surface area (TPSA) is 71.1 Å². The Balaban J connectivity index is 1.43. The van der Waals surface area contributed by atoms with Crippen molar-refractivity contribution in [2.75, 3.05) is 26.4 Å². The van der Waals surface area contributed by atoms with Gasteiger partial charge in [0.25, 0.3) is 0 Å². The van der Waals surface area contributed by atoms with E-state index in [-0.39, 0.29) is 26.4 Å². The molecule has 274 valence electrons. The lowest BCUT2D eigenvalue weighted by Crippen LogP contribution is -2.16. The molecule has 0 saturated carbocycles. The number of rotatable bonds is 13. The van der Waals surface area contributed by atoms with E-state index in [2.05, 4.69) is 98.1 Å². The first kappa shape index (κ1) is 35.8. The number of hydrogen-bond acceptors (Lipinski definition) is 6. The number of esters is 2. The average molecular weight is 735 g/mol. The van der Waals surface area contributed by atoms with Gasteiger partial charge in [-0.25, -0.2) is 9.59 Å². The molecule has 0 aliphatic heterocycles. The van der Waals surface area contributed by atoms with Gasteiger partial charge in [-0.15, -0.1) is 0 Å². The number of benzene rings is 8. The van der Waals surface area contributed by atoms with E-state index in [4.69, 9.17) is 18.9 Å². The van der Waals surface area contributed by atoms with E-state index in [1.165, 1.54) is 12.2 Å². The summed E-state index contributed by atoms with van der Waals surface area (Å²) < 4.78 is 23.4. The minimum Gasteiger partial charge on any atom is -0.481 e. The number of fused-ring (bicyclic) bond motifs is 6. The van der Waals surface area contributed by atoms with Crippen molar-refractivity contribution in [3.05, 3.63) is 171 Å². The maximum Gasteiger partial charge on any atom is 0.344 e. The first-order valence-corrected chi connectivity index (χ1v) is 18.4. The van der Waals surface area contributed by atoms with Gasteiger partial charge in [0.15, 0.2) is 13.2 Å². The highest BCUT2D eigenvalue weighted by Gasteiger charge is 2.24. The van der Waals surface area contributed by atoms with Crippen LogP contribution in [0, 0.1) is 0 Å². The Bertz CT molecular complexity index is 2580. The van der Waals surface area contributed by atoms with Gasteiger partial charge in [0.1, 0.15) is 24.7 Å². The highest BCUT2D eigenvalue weighted by molar-refractivity contribution is 6.23. The molecule has 6 heteroatoms. The van der Waals surface area contributed by atoms with Gasteiger partial charge in [-0.1, -0.05) is 147 Å². The summed E-state index contributed by atoms with van der Waals surface area (Å²) >= 11 is 0. The smallest absolute Gasteiger partial charge is 0.344 e. The second-order valence-electron chi connectivity index (χ2n) is 13.3. The molecule has 8 aromatic carbocycles. The summed E-state index contributed by atoms with van der Waals surface area (Å²) in [5.74, 6) is -0.145. The molecule has 0 unspecified atom stereocenters. The Morgan fingerprint density at radius 3 is 1.25 bits per heavy atom. The summed E-state index contributed by atoms with van der Waals surface area (Å²) in [6, 6.07) is 49.6. The molecule has 0 aliphatic rings. The molecule has 8 aromatic rings. The van der Waals surface area contributed by atoms with E-state index in [9.17, 15) is 9.59 Å². The molecule has 0 N–H and O–H groups in total. The standard InChI is InChI=1S/C50H38O6/c1-3-27-53-45(51)31-55-43-25-21-35-15-17-39-29-37(33-11-7-5-8-12-33)19-23-41(39)47(35)49(43)50-44(56-32-46(52)54-28-4-2)26-22-36-16-18-40-30-38(20-24-42(40)48(36)50)34-13-9-6-10-14-34/h3-26,29-30H,1-2,27-28,31-32H2. The van der Waals surface area contributed by atoms with Crippen molar-refractivity contribution in [1.82, 2.24) is 0 Å². The van der Waals surface area contributed by atoms with Gasteiger partial charge in [-0.2, -0.15) is 0 Å². The van der Waals surface area contributed by atoms with Crippen molar-refractivity contribution >= 4 is 55.0 Å². The predicted octanol–water partition coefficient (Wildman–Crippen LogP) is 11.5. The summed E-state index contributed by atoms with van der Waals surface area (Å²) in [4.78, 5) is 25.7. The fourth-order valence-corrected chi connectivity index (χ4v) is 7.29. The number of carbonyl (C=O) groups excluding carboxylic acids is 2. The van der Waals surface area contributed by atoms with E-state index in [0.717, 1.165) is 76.5 Å². The summed E-state index contributed by atoms with van der Waals surface area (Å²) in [5, 5.41) is 7.75. The zero-order valence-electron chi connectivity index (χ0n) is 30.7. The van der Waals surface area contributed by atoms with Crippen molar-refractivity contribution in [2.45, 2.75) is 0 Å². The van der Waals surface area contributed by atoms with Crippen LogP contribution in [0.15, 0.2) is 171 Å². The highest BCUT2D eigenvalue weighted by Crippen LogP contribution is 2.49. The van der Waals surface area contributed by atoms with Crippen molar-refractivity contribution < 1.29 is 28.5 Å². The maximum atomic E-state index is 12.9. The fourth-order valence-electron chi connectivity index (χ4n) is 7.29. The first-order valence-electron chi connectivity index (χ1n) is 18.4. The van der Waals surface area contributed by atoms with Crippen LogP contribution in [-0.2, 0) is 19.1 Å². The third kappa shape index (κ3) is 7.20. The normalized spacial score (nSPS) is 11.1.